The zero-order valence-electron chi connectivity index (χ0n) is 23.2. The van der Waals surface area contributed by atoms with E-state index in [4.69, 9.17) is 21.1 Å². The van der Waals surface area contributed by atoms with Gasteiger partial charge in [-0.05, 0) is 90.3 Å². The Labute approximate surface area is 257 Å². The van der Waals surface area contributed by atoms with Crippen LogP contribution in [0.5, 0.6) is 0 Å². The smallest absolute Gasteiger partial charge is 0.548 e. The molecule has 40 heavy (non-hydrogen) atoms. The number of hydrogen-bond donors (Lipinski definition) is 1. The second-order valence-electron chi connectivity index (χ2n) is 9.71. The van der Waals surface area contributed by atoms with Crippen LogP contribution in [0.4, 0.5) is 0 Å². The predicted molar refractivity (Wildman–Crippen MR) is 154 cm³/mol. The maximum absolute atomic E-state index is 13.2. The number of halogens is 1. The van der Waals surface area contributed by atoms with Crippen molar-refractivity contribution >= 4 is 35.2 Å². The van der Waals surface area contributed by atoms with Crippen LogP contribution in [0.3, 0.4) is 0 Å². The molecule has 0 aromatic heterocycles. The topological polar surface area (TPSA) is 87.7 Å². The second kappa shape index (κ2) is 15.7. The van der Waals surface area contributed by atoms with Crippen LogP contribution in [0.25, 0.3) is 11.1 Å². The van der Waals surface area contributed by atoms with Crippen LogP contribution >= 0.6 is 23.4 Å². The summed E-state index contributed by atoms with van der Waals surface area (Å²) in [4.78, 5) is 24.8. The van der Waals surface area contributed by atoms with Gasteiger partial charge in [-0.1, -0.05) is 54.1 Å². The van der Waals surface area contributed by atoms with Gasteiger partial charge in [-0.2, -0.15) is 11.8 Å². The number of carboxylic acid groups (broad SMARTS) is 1. The number of carboxylic acids is 1. The minimum atomic E-state index is -1.28. The molecule has 1 aliphatic rings. The zero-order valence-corrected chi connectivity index (χ0v) is 24.7. The van der Waals surface area contributed by atoms with Crippen LogP contribution in [0.1, 0.15) is 52.4 Å². The maximum Gasteiger partial charge on any atom is 1.00 e. The van der Waals surface area contributed by atoms with E-state index in [2.05, 4.69) is 5.32 Å². The van der Waals surface area contributed by atoms with Crippen molar-refractivity contribution in [2.45, 2.75) is 51.0 Å². The molecule has 2 unspecified atom stereocenters. The first-order valence-electron chi connectivity index (χ1n) is 13.0. The molecule has 3 atom stereocenters. The van der Waals surface area contributed by atoms with E-state index in [1.165, 1.54) is 11.8 Å². The van der Waals surface area contributed by atoms with Crippen LogP contribution < -0.4 is 29.3 Å². The van der Waals surface area contributed by atoms with Gasteiger partial charge in [0.15, 0.2) is 0 Å². The Morgan fingerprint density at radius 3 is 2.55 bits per heavy atom. The molecule has 1 heterocycles. The van der Waals surface area contributed by atoms with E-state index in [0.29, 0.717) is 36.0 Å². The Kier molecular flexibility index (Phi) is 12.6. The number of nitrogens with one attached hydrogen (secondary N) is 1. The van der Waals surface area contributed by atoms with Crippen LogP contribution in [0.2, 0.25) is 5.02 Å². The molecule has 206 valence electrons. The van der Waals surface area contributed by atoms with Gasteiger partial charge in [-0.25, -0.2) is 0 Å². The van der Waals surface area contributed by atoms with Crippen LogP contribution in [-0.2, 0) is 20.9 Å². The number of carbonyl (C=O) groups is 2. The fraction of sp³-hybridized carbons (Fsp3) is 0.355. The molecular weight excluding hydrogens is 541 g/mol. The second-order valence-corrected chi connectivity index (χ2v) is 11.1. The third kappa shape index (κ3) is 8.63. The molecule has 0 spiro atoms. The largest absolute Gasteiger partial charge is 1.00 e. The SMILES string of the molecule is CSCC[C@H](NC(=O)c1ccc(COCC2CCC(c3ccc(Cl)cc3)O2)cc1-c1ccccc1C)C(=O)[O-].[Li+]. The van der Waals surface area contributed by atoms with Crippen molar-refractivity contribution in [3.8, 4) is 11.1 Å². The van der Waals surface area contributed by atoms with Gasteiger partial charge in [0.1, 0.15) is 0 Å². The molecule has 0 bridgehead atoms. The molecule has 6 nitrogen and oxygen atoms in total. The Hall–Kier alpha value is -2.24. The quantitative estimate of drug-likeness (QED) is 0.335. The Morgan fingerprint density at radius 2 is 1.85 bits per heavy atom. The first kappa shape index (κ1) is 32.3. The van der Waals surface area contributed by atoms with Gasteiger partial charge in [-0.3, -0.25) is 4.79 Å². The summed E-state index contributed by atoms with van der Waals surface area (Å²) in [5.41, 5.74) is 5.09. The maximum atomic E-state index is 13.2. The van der Waals surface area contributed by atoms with E-state index in [-0.39, 0.29) is 31.1 Å². The summed E-state index contributed by atoms with van der Waals surface area (Å²) in [6, 6.07) is 20.0. The molecule has 9 heteroatoms. The van der Waals surface area contributed by atoms with Crippen molar-refractivity contribution in [3.05, 3.63) is 94.0 Å². The molecule has 1 amide bonds. The van der Waals surface area contributed by atoms with Gasteiger partial charge < -0.3 is 24.7 Å². The van der Waals surface area contributed by atoms with Gasteiger partial charge >= 0.3 is 18.9 Å². The summed E-state index contributed by atoms with van der Waals surface area (Å²) in [5, 5.41) is 15.0. The zero-order chi connectivity index (χ0) is 27.8. The number of rotatable bonds is 12. The summed E-state index contributed by atoms with van der Waals surface area (Å²) in [7, 11) is 0. The minimum Gasteiger partial charge on any atom is -0.548 e. The van der Waals surface area contributed by atoms with Crippen LogP contribution in [-0.4, -0.2) is 42.6 Å². The molecule has 1 fully saturated rings. The van der Waals surface area contributed by atoms with Gasteiger partial charge in [0.2, 0.25) is 0 Å². The average molecular weight is 574 g/mol. The molecule has 1 saturated heterocycles. The fourth-order valence-electron chi connectivity index (χ4n) is 4.76. The summed E-state index contributed by atoms with van der Waals surface area (Å²) >= 11 is 7.52. The standard InChI is InChI=1S/C31H34ClNO5S.Li/c1-20-5-3-4-6-25(20)27-17-21(7-13-26(27)30(34)33-28(31(35)36)15-16-39-2)18-37-19-24-12-14-29(38-24)22-8-10-23(32)11-9-22;/h3-11,13,17,24,28-29H,12,14-16,18-19H2,1-2H3,(H,33,34)(H,35,36);/q;+1/p-1/t24?,28-,29?;/m0./s1. The molecule has 0 saturated carbocycles. The van der Waals surface area contributed by atoms with Gasteiger partial charge in [0, 0.05) is 10.6 Å². The normalized spacial score (nSPS) is 17.2. The monoisotopic (exact) mass is 573 g/mol. The number of benzene rings is 3. The summed E-state index contributed by atoms with van der Waals surface area (Å²) in [6.45, 7) is 2.81. The summed E-state index contributed by atoms with van der Waals surface area (Å²) < 4.78 is 12.2. The predicted octanol–water partition coefficient (Wildman–Crippen LogP) is 2.36. The van der Waals surface area contributed by atoms with E-state index in [9.17, 15) is 14.7 Å². The van der Waals surface area contributed by atoms with Crippen molar-refractivity contribution < 1.29 is 43.0 Å². The summed E-state index contributed by atoms with van der Waals surface area (Å²) in [5.74, 6) is -1.12. The van der Waals surface area contributed by atoms with Gasteiger partial charge in [0.05, 0.1) is 37.4 Å². The average Bonchev–Trinajstić information content (AvgIpc) is 3.40. The van der Waals surface area contributed by atoms with Gasteiger partial charge in [-0.15, -0.1) is 0 Å². The van der Waals surface area contributed by atoms with Crippen molar-refractivity contribution in [2.75, 3.05) is 18.6 Å². The number of ether oxygens (including phenoxy) is 2. The third-order valence-electron chi connectivity index (χ3n) is 6.89. The Balaban J connectivity index is 0.00000441. The van der Waals surface area contributed by atoms with E-state index in [1.807, 2.05) is 73.8 Å². The van der Waals surface area contributed by atoms with Crippen LogP contribution in [0.15, 0.2) is 66.7 Å². The Morgan fingerprint density at radius 1 is 1.10 bits per heavy atom. The Bertz CT molecular complexity index is 1290. The van der Waals surface area contributed by atoms with Crippen molar-refractivity contribution in [1.82, 2.24) is 5.32 Å². The van der Waals surface area contributed by atoms with E-state index >= 15 is 0 Å². The number of hydrogen-bond acceptors (Lipinski definition) is 6. The van der Waals surface area contributed by atoms with E-state index in [1.54, 1.807) is 6.07 Å². The summed E-state index contributed by atoms with van der Waals surface area (Å²) in [6.07, 6.45) is 4.08. The first-order chi connectivity index (χ1) is 18.9. The third-order valence-corrected chi connectivity index (χ3v) is 7.78. The molecule has 1 N–H and O–H groups in total. The molecular formula is C31H33ClLiNO5S. The molecule has 0 radical (unpaired) electrons. The van der Waals surface area contributed by atoms with Crippen LogP contribution in [0, 0.1) is 6.92 Å². The van der Waals surface area contributed by atoms with Crippen molar-refractivity contribution in [1.29, 1.82) is 0 Å². The number of carbonyl (C=O) groups excluding carboxylic acids is 2. The molecule has 0 aliphatic carbocycles. The molecule has 3 aromatic rings. The first-order valence-corrected chi connectivity index (χ1v) is 14.8. The number of amides is 1. The fourth-order valence-corrected chi connectivity index (χ4v) is 5.35. The van der Waals surface area contributed by atoms with Crippen molar-refractivity contribution in [2.24, 2.45) is 0 Å². The van der Waals surface area contributed by atoms with E-state index in [0.717, 1.165) is 40.7 Å². The number of aliphatic carboxylic acids is 1. The molecule has 3 aromatic carbocycles. The van der Waals surface area contributed by atoms with Crippen molar-refractivity contribution in [3.63, 3.8) is 0 Å². The number of thioether (sulfide) groups is 1. The van der Waals surface area contributed by atoms with E-state index < -0.39 is 17.9 Å². The number of aryl methyl sites for hydroxylation is 1. The minimum absolute atomic E-state index is 0. The molecule has 1 aliphatic heterocycles. The van der Waals surface area contributed by atoms with Gasteiger partial charge in [0.25, 0.3) is 5.91 Å². The molecule has 4 rings (SSSR count).